The molecule has 4 nitrogen and oxygen atoms in total. The summed E-state index contributed by atoms with van der Waals surface area (Å²) in [5, 5.41) is 7.90. The average Bonchev–Trinajstić information content (AvgIpc) is 2.64. The van der Waals surface area contributed by atoms with Gasteiger partial charge in [-0.15, -0.1) is 34.9 Å². The van der Waals surface area contributed by atoms with E-state index in [1.165, 1.54) is 0 Å². The minimum atomic E-state index is 0. The van der Waals surface area contributed by atoms with E-state index in [0.29, 0.717) is 0 Å². The van der Waals surface area contributed by atoms with Crippen LogP contribution in [0.1, 0.15) is 0 Å². The molecule has 0 atom stereocenters. The van der Waals surface area contributed by atoms with Gasteiger partial charge >= 0.3 is 0 Å². The molecule has 0 fully saturated rings. The van der Waals surface area contributed by atoms with Gasteiger partial charge in [-0.05, 0) is 5.69 Å². The molecule has 2 aromatic rings. The van der Waals surface area contributed by atoms with Crippen LogP contribution in [-0.4, -0.2) is 28.9 Å². The molecule has 0 unspecified atom stereocenters. The predicted molar refractivity (Wildman–Crippen MR) is 59.6 cm³/mol. The number of nitrogens with zero attached hydrogens (tertiary/aromatic N) is 4. The van der Waals surface area contributed by atoms with Crippen LogP contribution in [0.4, 0.5) is 5.69 Å². The molecule has 0 amide bonds. The summed E-state index contributed by atoms with van der Waals surface area (Å²) in [5.41, 5.74) is 2.09. The molecule has 1 aromatic heterocycles. The van der Waals surface area contributed by atoms with Crippen molar-refractivity contribution in [3.05, 3.63) is 30.6 Å². The van der Waals surface area contributed by atoms with Gasteiger partial charge in [0.2, 0.25) is 0 Å². The molecule has 5 heteroatoms. The summed E-state index contributed by atoms with van der Waals surface area (Å²) in [4.78, 5) is 2.05. The first-order valence-corrected chi connectivity index (χ1v) is 4.72. The predicted octanol–water partition coefficient (Wildman–Crippen LogP) is 1.35. The third kappa shape index (κ3) is 2.49. The van der Waals surface area contributed by atoms with Gasteiger partial charge in [0.1, 0.15) is 6.33 Å². The second-order valence-corrected chi connectivity index (χ2v) is 3.62. The van der Waals surface area contributed by atoms with E-state index in [1.54, 1.807) is 6.33 Å². The first kappa shape index (κ1) is 12.9. The Morgan fingerprint density at radius 1 is 1.38 bits per heavy atom. The van der Waals surface area contributed by atoms with E-state index in [2.05, 4.69) is 16.3 Å². The van der Waals surface area contributed by atoms with E-state index in [0.717, 1.165) is 17.1 Å². The Hall–Kier alpha value is -1.19. The Balaban J connectivity index is 0.00000128. The van der Waals surface area contributed by atoms with Crippen molar-refractivity contribution in [1.82, 2.24) is 14.8 Å². The average molecular weight is 393 g/mol. The van der Waals surface area contributed by atoms with Crippen LogP contribution in [0.15, 0.2) is 24.5 Å². The third-order valence-corrected chi connectivity index (χ3v) is 2.25. The number of benzene rings is 1. The minimum Gasteiger partial charge on any atom is -0.394 e. The van der Waals surface area contributed by atoms with Crippen LogP contribution in [0.3, 0.4) is 0 Å². The Bertz CT molecular complexity index is 465. The molecular formula is C11H13IrN4-. The van der Waals surface area contributed by atoms with Gasteiger partial charge in [0.05, 0.1) is 5.82 Å². The number of hydrogen-bond acceptors (Lipinski definition) is 3. The molecule has 16 heavy (non-hydrogen) atoms. The molecule has 0 bridgehead atoms. The van der Waals surface area contributed by atoms with Crippen molar-refractivity contribution in [2.24, 2.45) is 7.05 Å². The smallest absolute Gasteiger partial charge is 0.110 e. The van der Waals surface area contributed by atoms with Crippen molar-refractivity contribution in [1.29, 1.82) is 0 Å². The van der Waals surface area contributed by atoms with Gasteiger partial charge in [0.15, 0.2) is 0 Å². The van der Waals surface area contributed by atoms with Crippen LogP contribution in [-0.2, 0) is 27.2 Å². The molecule has 0 saturated heterocycles. The second-order valence-electron chi connectivity index (χ2n) is 3.62. The van der Waals surface area contributed by atoms with Crippen molar-refractivity contribution in [3.8, 4) is 11.4 Å². The van der Waals surface area contributed by atoms with Crippen LogP contribution < -0.4 is 4.90 Å². The van der Waals surface area contributed by atoms with Crippen molar-refractivity contribution >= 4 is 5.69 Å². The maximum absolute atomic E-state index is 4.05. The molecule has 1 heterocycles. The van der Waals surface area contributed by atoms with E-state index in [4.69, 9.17) is 0 Å². The molecule has 0 aliphatic heterocycles. The molecule has 1 aromatic carbocycles. The molecular weight excluding hydrogens is 380 g/mol. The van der Waals surface area contributed by atoms with Gasteiger partial charge < -0.3 is 9.47 Å². The molecule has 0 aliphatic carbocycles. The Morgan fingerprint density at radius 2 is 2.12 bits per heavy atom. The van der Waals surface area contributed by atoms with Gasteiger partial charge in [-0.25, -0.2) is 0 Å². The number of anilines is 1. The monoisotopic (exact) mass is 394 g/mol. The summed E-state index contributed by atoms with van der Waals surface area (Å²) >= 11 is 0. The van der Waals surface area contributed by atoms with E-state index < -0.39 is 0 Å². The van der Waals surface area contributed by atoms with Crippen LogP contribution in [0.2, 0.25) is 0 Å². The molecule has 87 valence electrons. The standard InChI is InChI=1S/C11H13N4.Ir/c1-14(2)10-6-4-5-9(7-10)11-13-12-8-15(11)3;/h4,6-8H,1-3H3;/q-1;. The number of aryl methyl sites for hydroxylation is 1. The molecule has 2 rings (SSSR count). The Morgan fingerprint density at radius 3 is 2.69 bits per heavy atom. The van der Waals surface area contributed by atoms with E-state index in [-0.39, 0.29) is 20.1 Å². The number of aromatic nitrogens is 3. The van der Waals surface area contributed by atoms with Crippen molar-refractivity contribution in [2.75, 3.05) is 19.0 Å². The SMILES string of the molecule is CN(C)c1cc[c-]c(-c2nncn2C)c1.[Ir]. The third-order valence-electron chi connectivity index (χ3n) is 2.25. The van der Waals surface area contributed by atoms with Gasteiger partial charge in [-0.3, -0.25) is 0 Å². The largest absolute Gasteiger partial charge is 0.394 e. The zero-order chi connectivity index (χ0) is 10.8. The van der Waals surface area contributed by atoms with Crippen LogP contribution in [0, 0.1) is 6.07 Å². The fraction of sp³-hybridized carbons (Fsp3) is 0.273. The quantitative estimate of drug-likeness (QED) is 0.723. The molecule has 0 N–H and O–H groups in total. The molecule has 1 radical (unpaired) electrons. The zero-order valence-corrected chi connectivity index (χ0v) is 11.8. The molecule has 0 spiro atoms. The van der Waals surface area contributed by atoms with Gasteiger partial charge in [0.25, 0.3) is 0 Å². The van der Waals surface area contributed by atoms with E-state index in [1.807, 2.05) is 48.8 Å². The summed E-state index contributed by atoms with van der Waals surface area (Å²) in [6.45, 7) is 0. The maximum Gasteiger partial charge on any atom is 0.110 e. The van der Waals surface area contributed by atoms with Crippen LogP contribution >= 0.6 is 0 Å². The minimum absolute atomic E-state index is 0. The number of hydrogen-bond donors (Lipinski definition) is 0. The van der Waals surface area contributed by atoms with Crippen molar-refractivity contribution in [2.45, 2.75) is 0 Å². The topological polar surface area (TPSA) is 34.0 Å². The van der Waals surface area contributed by atoms with Gasteiger partial charge in [-0.1, -0.05) is 0 Å². The summed E-state index contributed by atoms with van der Waals surface area (Å²) < 4.78 is 1.88. The Labute approximate surface area is 109 Å². The van der Waals surface area contributed by atoms with E-state index in [9.17, 15) is 0 Å². The zero-order valence-electron chi connectivity index (χ0n) is 9.43. The van der Waals surface area contributed by atoms with Crippen LogP contribution in [0.25, 0.3) is 11.4 Å². The summed E-state index contributed by atoms with van der Waals surface area (Å²) in [6.07, 6.45) is 1.69. The summed E-state index contributed by atoms with van der Waals surface area (Å²) in [5.74, 6) is 0.832. The Kier molecular flexibility index (Phi) is 4.21. The molecule has 0 aliphatic rings. The van der Waals surface area contributed by atoms with Crippen molar-refractivity contribution in [3.63, 3.8) is 0 Å². The second kappa shape index (κ2) is 5.23. The van der Waals surface area contributed by atoms with Gasteiger partial charge in [-0.2, -0.15) is 5.10 Å². The van der Waals surface area contributed by atoms with Crippen LogP contribution in [0.5, 0.6) is 0 Å². The normalized spacial score (nSPS) is 9.69. The molecule has 0 saturated carbocycles. The van der Waals surface area contributed by atoms with Crippen molar-refractivity contribution < 1.29 is 20.1 Å². The fourth-order valence-electron chi connectivity index (χ4n) is 1.39. The van der Waals surface area contributed by atoms with E-state index >= 15 is 0 Å². The first-order chi connectivity index (χ1) is 7.18. The maximum atomic E-state index is 4.05. The first-order valence-electron chi connectivity index (χ1n) is 4.72. The summed E-state index contributed by atoms with van der Waals surface area (Å²) in [7, 11) is 5.94. The fourth-order valence-corrected chi connectivity index (χ4v) is 1.39. The van der Waals surface area contributed by atoms with Gasteiger partial charge in [0, 0.05) is 41.2 Å². The number of rotatable bonds is 2. The summed E-state index contributed by atoms with van der Waals surface area (Å²) in [6, 6.07) is 9.12.